The van der Waals surface area contributed by atoms with Gasteiger partial charge in [-0.25, -0.2) is 14.3 Å². The Balaban J connectivity index is 1.62. The molecule has 0 aliphatic rings. The average molecular weight is 497 g/mol. The summed E-state index contributed by atoms with van der Waals surface area (Å²) in [5, 5.41) is 6.27. The van der Waals surface area contributed by atoms with Gasteiger partial charge in [0.1, 0.15) is 10.6 Å². The highest BCUT2D eigenvalue weighted by atomic mass is 35.5. The molecule has 3 aromatic heterocycles. The lowest BCUT2D eigenvalue weighted by molar-refractivity contribution is -0.133. The molecule has 0 N–H and O–H groups in total. The number of methoxy groups -OCH3 is 2. The van der Waals surface area contributed by atoms with Crippen LogP contribution in [-0.4, -0.2) is 39.8 Å². The van der Waals surface area contributed by atoms with Gasteiger partial charge in [0.25, 0.3) is 0 Å². The molecule has 7 nitrogen and oxygen atoms in total. The Kier molecular flexibility index (Phi) is 5.61. The molecule has 0 radical (unpaired) electrons. The van der Waals surface area contributed by atoms with E-state index in [1.165, 1.54) is 43.2 Å². The van der Waals surface area contributed by atoms with Crippen LogP contribution in [0.1, 0.15) is 10.6 Å². The standard InChI is InChI=1S/C23H17ClN4O3S2/c1-12-18(15(11-30-2)22(29)31-3)33-23-26-20(27-28(12)23)13-7-4-5-8-14(13)21-25-17-10-6-9-16(24)19(17)32-21/h4-11H,1-3H3/b15-11-. The second-order valence-corrected chi connectivity index (χ2v) is 9.44. The maximum absolute atomic E-state index is 12.2. The molecule has 0 fully saturated rings. The van der Waals surface area contributed by atoms with Crippen molar-refractivity contribution in [2.24, 2.45) is 0 Å². The van der Waals surface area contributed by atoms with Crippen LogP contribution in [0, 0.1) is 6.92 Å². The van der Waals surface area contributed by atoms with Crippen molar-refractivity contribution in [3.05, 3.63) is 64.3 Å². The Bertz CT molecular complexity index is 1550. The van der Waals surface area contributed by atoms with Gasteiger partial charge in [-0.3, -0.25) is 0 Å². The molecular weight excluding hydrogens is 480 g/mol. The minimum atomic E-state index is -0.482. The summed E-state index contributed by atoms with van der Waals surface area (Å²) in [6.07, 6.45) is 1.37. The van der Waals surface area contributed by atoms with Crippen LogP contribution in [0.2, 0.25) is 5.02 Å². The molecule has 0 aliphatic carbocycles. The number of benzene rings is 2. The molecule has 10 heteroatoms. The number of hydrogen-bond donors (Lipinski definition) is 0. The summed E-state index contributed by atoms with van der Waals surface area (Å²) in [7, 11) is 2.82. The van der Waals surface area contributed by atoms with Crippen molar-refractivity contribution in [2.75, 3.05) is 14.2 Å². The van der Waals surface area contributed by atoms with Gasteiger partial charge in [-0.05, 0) is 19.1 Å². The van der Waals surface area contributed by atoms with E-state index in [9.17, 15) is 4.79 Å². The Morgan fingerprint density at radius 2 is 1.85 bits per heavy atom. The number of carbonyl (C=O) groups is 1. The first-order valence-electron chi connectivity index (χ1n) is 9.84. The minimum Gasteiger partial charge on any atom is -0.503 e. The number of thiazole rings is 2. The second-order valence-electron chi connectivity index (χ2n) is 7.06. The Labute approximate surface area is 201 Å². The summed E-state index contributed by atoms with van der Waals surface area (Å²) in [4.78, 5) is 23.1. The van der Waals surface area contributed by atoms with Gasteiger partial charge in [0.05, 0.1) is 46.3 Å². The molecule has 0 saturated heterocycles. The number of halogens is 1. The third-order valence-electron chi connectivity index (χ3n) is 5.07. The SMILES string of the molecule is CO/C=C(\C(=O)OC)c1sc2nc(-c3ccccc3-c3nc4cccc(Cl)c4s3)nn2c1C. The van der Waals surface area contributed by atoms with E-state index in [2.05, 4.69) is 0 Å². The number of fused-ring (bicyclic) bond motifs is 2. The van der Waals surface area contributed by atoms with Gasteiger partial charge in [0.15, 0.2) is 5.82 Å². The lowest BCUT2D eigenvalue weighted by atomic mass is 10.1. The van der Waals surface area contributed by atoms with Gasteiger partial charge in [-0.1, -0.05) is 53.3 Å². The molecule has 0 unspecified atom stereocenters. The zero-order chi connectivity index (χ0) is 23.1. The molecule has 3 heterocycles. The van der Waals surface area contributed by atoms with Crippen molar-refractivity contribution in [1.29, 1.82) is 0 Å². The molecule has 0 spiro atoms. The maximum atomic E-state index is 12.2. The van der Waals surface area contributed by atoms with E-state index >= 15 is 0 Å². The number of aromatic nitrogens is 4. The second kappa shape index (κ2) is 8.58. The number of esters is 1. The predicted molar refractivity (Wildman–Crippen MR) is 132 cm³/mol. The van der Waals surface area contributed by atoms with Crippen LogP contribution >= 0.6 is 34.3 Å². The summed E-state index contributed by atoms with van der Waals surface area (Å²) < 4.78 is 12.6. The zero-order valence-corrected chi connectivity index (χ0v) is 20.2. The summed E-state index contributed by atoms with van der Waals surface area (Å²) in [5.41, 5.74) is 3.75. The molecule has 0 saturated carbocycles. The van der Waals surface area contributed by atoms with Crippen LogP contribution in [0.3, 0.4) is 0 Å². The predicted octanol–water partition coefficient (Wildman–Crippen LogP) is 5.86. The molecule has 0 aliphatic heterocycles. The van der Waals surface area contributed by atoms with E-state index in [4.69, 9.17) is 36.1 Å². The van der Waals surface area contributed by atoms with Crippen LogP contribution in [0.15, 0.2) is 48.7 Å². The molecule has 0 bridgehead atoms. The fourth-order valence-corrected chi connectivity index (χ4v) is 5.87. The van der Waals surface area contributed by atoms with Gasteiger partial charge in [-0.15, -0.1) is 16.4 Å². The Hall–Kier alpha value is -3.27. The summed E-state index contributed by atoms with van der Waals surface area (Å²) in [6.45, 7) is 1.88. The average Bonchev–Trinajstić information content (AvgIpc) is 3.52. The smallest absolute Gasteiger partial charge is 0.342 e. The third kappa shape index (κ3) is 3.68. The number of nitrogens with zero attached hydrogens (tertiary/aromatic N) is 4. The largest absolute Gasteiger partial charge is 0.503 e. The molecule has 0 amide bonds. The summed E-state index contributed by atoms with van der Waals surface area (Å²) in [5.74, 6) is 0.0942. The molecule has 5 aromatic rings. The van der Waals surface area contributed by atoms with Gasteiger partial charge >= 0.3 is 5.97 Å². The van der Waals surface area contributed by atoms with Crippen molar-refractivity contribution >= 4 is 61.0 Å². The number of carbonyl (C=O) groups excluding carboxylic acids is 1. The van der Waals surface area contributed by atoms with Crippen LogP contribution in [0.25, 0.3) is 42.7 Å². The van der Waals surface area contributed by atoms with Crippen molar-refractivity contribution in [3.63, 3.8) is 0 Å². The minimum absolute atomic E-state index is 0.322. The lowest BCUT2D eigenvalue weighted by Crippen LogP contribution is -2.05. The molecule has 2 aromatic carbocycles. The normalized spacial score (nSPS) is 11.9. The first-order valence-corrected chi connectivity index (χ1v) is 11.9. The van der Waals surface area contributed by atoms with Gasteiger partial charge in [0.2, 0.25) is 4.96 Å². The molecule has 0 atom stereocenters. The number of hydrogen-bond acceptors (Lipinski definition) is 8. The Morgan fingerprint density at radius 3 is 2.55 bits per heavy atom. The highest BCUT2D eigenvalue weighted by molar-refractivity contribution is 7.22. The molecular formula is C23H17ClN4O3S2. The van der Waals surface area contributed by atoms with E-state index in [0.29, 0.717) is 26.3 Å². The van der Waals surface area contributed by atoms with E-state index in [1.54, 1.807) is 4.52 Å². The van der Waals surface area contributed by atoms with E-state index < -0.39 is 5.97 Å². The van der Waals surface area contributed by atoms with Crippen LogP contribution in [0.4, 0.5) is 0 Å². The van der Waals surface area contributed by atoms with E-state index in [-0.39, 0.29) is 0 Å². The van der Waals surface area contributed by atoms with Crippen LogP contribution < -0.4 is 0 Å². The first kappa shape index (κ1) is 21.6. The third-order valence-corrected chi connectivity index (χ3v) is 7.80. The van der Waals surface area contributed by atoms with Gasteiger partial charge < -0.3 is 9.47 Å². The number of rotatable bonds is 5. The van der Waals surface area contributed by atoms with E-state index in [1.807, 2.05) is 49.4 Å². The van der Waals surface area contributed by atoms with Crippen molar-refractivity contribution in [3.8, 4) is 22.0 Å². The van der Waals surface area contributed by atoms with Gasteiger partial charge in [0, 0.05) is 11.1 Å². The number of ether oxygens (including phenoxy) is 2. The van der Waals surface area contributed by atoms with Gasteiger partial charge in [-0.2, -0.15) is 4.98 Å². The first-order chi connectivity index (χ1) is 16.0. The summed E-state index contributed by atoms with van der Waals surface area (Å²) >= 11 is 9.25. The Morgan fingerprint density at radius 1 is 1.06 bits per heavy atom. The zero-order valence-electron chi connectivity index (χ0n) is 17.8. The molecule has 166 valence electrons. The fraction of sp³-hybridized carbons (Fsp3) is 0.130. The summed E-state index contributed by atoms with van der Waals surface area (Å²) in [6, 6.07) is 13.6. The quantitative estimate of drug-likeness (QED) is 0.172. The van der Waals surface area contributed by atoms with Crippen LogP contribution in [-0.2, 0) is 14.3 Å². The lowest BCUT2D eigenvalue weighted by Gasteiger charge is -2.04. The van der Waals surface area contributed by atoms with E-state index in [0.717, 1.165) is 32.0 Å². The van der Waals surface area contributed by atoms with Crippen LogP contribution in [0.5, 0.6) is 0 Å². The highest BCUT2D eigenvalue weighted by Gasteiger charge is 2.23. The fourth-order valence-electron chi connectivity index (χ4n) is 3.52. The monoisotopic (exact) mass is 496 g/mol. The van der Waals surface area contributed by atoms with Crippen molar-refractivity contribution in [1.82, 2.24) is 19.6 Å². The van der Waals surface area contributed by atoms with Crippen molar-refractivity contribution < 1.29 is 14.3 Å². The highest BCUT2D eigenvalue weighted by Crippen LogP contribution is 2.39. The molecule has 5 rings (SSSR count). The molecule has 33 heavy (non-hydrogen) atoms. The number of aryl methyl sites for hydroxylation is 1. The van der Waals surface area contributed by atoms with Crippen molar-refractivity contribution in [2.45, 2.75) is 6.92 Å². The topological polar surface area (TPSA) is 78.6 Å². The maximum Gasteiger partial charge on any atom is 0.342 e.